The molecule has 0 amide bonds. The van der Waals surface area contributed by atoms with E-state index >= 15 is 0 Å². The fourth-order valence-electron chi connectivity index (χ4n) is 2.14. The lowest BCUT2D eigenvalue weighted by Gasteiger charge is -2.19. The molecule has 2 aromatic rings. The van der Waals surface area contributed by atoms with Gasteiger partial charge in [0, 0.05) is 20.7 Å². The Morgan fingerprint density at radius 3 is 2.19 bits per heavy atom. The Labute approximate surface area is 136 Å². The van der Waals surface area contributed by atoms with Crippen molar-refractivity contribution < 1.29 is 0 Å². The topological polar surface area (TPSA) is 24.9 Å². The maximum Gasteiger partial charge on any atom is 0.115 e. The summed E-state index contributed by atoms with van der Waals surface area (Å²) in [6.07, 6.45) is 0. The quantitative estimate of drug-likeness (QED) is 0.836. The van der Waals surface area contributed by atoms with Crippen molar-refractivity contribution in [1.82, 2.24) is 10.3 Å². The van der Waals surface area contributed by atoms with Crippen LogP contribution in [0, 0.1) is 13.8 Å². The Bertz CT molecular complexity index is 583. The van der Waals surface area contributed by atoms with E-state index in [4.69, 9.17) is 4.98 Å². The Kier molecular flexibility index (Phi) is 4.91. The van der Waals surface area contributed by atoms with E-state index in [1.54, 1.807) is 0 Å². The van der Waals surface area contributed by atoms with E-state index in [9.17, 15) is 0 Å². The van der Waals surface area contributed by atoms with Gasteiger partial charge in [-0.05, 0) is 45.2 Å². The predicted molar refractivity (Wildman–Crippen MR) is 94.7 cm³/mol. The third-order valence-corrected chi connectivity index (χ3v) is 6.16. The highest BCUT2D eigenvalue weighted by molar-refractivity contribution is 7.13. The van der Waals surface area contributed by atoms with Crippen LogP contribution >= 0.6 is 22.7 Å². The third-order valence-electron chi connectivity index (χ3n) is 3.44. The molecule has 0 fully saturated rings. The maximum atomic E-state index is 4.77. The van der Waals surface area contributed by atoms with E-state index in [-0.39, 0.29) is 11.5 Å². The lowest BCUT2D eigenvalue weighted by molar-refractivity contribution is 0.532. The Balaban J connectivity index is 2.38. The number of nitrogens with one attached hydrogen (secondary N) is 1. The predicted octanol–water partition coefficient (Wildman–Crippen LogP) is 5.21. The number of aryl methyl sites for hydroxylation is 2. The number of rotatable bonds is 4. The molecule has 2 aromatic heterocycles. The van der Waals surface area contributed by atoms with Crippen LogP contribution < -0.4 is 5.32 Å². The summed E-state index contributed by atoms with van der Waals surface area (Å²) in [6, 6.07) is 5.17. The zero-order valence-corrected chi connectivity index (χ0v) is 15.7. The van der Waals surface area contributed by atoms with Crippen molar-refractivity contribution in [3.05, 3.63) is 37.5 Å². The fourth-order valence-corrected chi connectivity index (χ4v) is 4.35. The Morgan fingerprint density at radius 1 is 1.10 bits per heavy atom. The van der Waals surface area contributed by atoms with E-state index in [0.29, 0.717) is 6.04 Å². The Hall–Kier alpha value is -0.710. The minimum Gasteiger partial charge on any atom is -0.301 e. The van der Waals surface area contributed by atoms with Crippen LogP contribution in [0.15, 0.2) is 12.1 Å². The van der Waals surface area contributed by atoms with Crippen LogP contribution in [0.2, 0.25) is 0 Å². The average molecular weight is 323 g/mol. The van der Waals surface area contributed by atoms with E-state index in [2.05, 4.69) is 65.9 Å². The molecule has 1 N–H and O–H groups in total. The van der Waals surface area contributed by atoms with Crippen molar-refractivity contribution >= 4 is 22.7 Å². The molecule has 0 saturated carbocycles. The summed E-state index contributed by atoms with van der Waals surface area (Å²) in [4.78, 5) is 8.88. The first-order chi connectivity index (χ1) is 9.68. The summed E-state index contributed by atoms with van der Waals surface area (Å²) in [5, 5.41) is 4.86. The van der Waals surface area contributed by atoms with Gasteiger partial charge in [0.05, 0.1) is 11.7 Å². The molecule has 0 bridgehead atoms. The molecule has 0 aliphatic heterocycles. The van der Waals surface area contributed by atoms with Crippen LogP contribution in [0.1, 0.15) is 66.0 Å². The molecule has 1 unspecified atom stereocenters. The normalized spacial score (nSPS) is 13.9. The molecule has 2 heterocycles. The number of thiazole rings is 1. The lowest BCUT2D eigenvalue weighted by Crippen LogP contribution is -2.28. The van der Waals surface area contributed by atoms with Crippen molar-refractivity contribution in [2.24, 2.45) is 0 Å². The fraction of sp³-hybridized carbons (Fsp3) is 0.588. The number of thiophene rings is 1. The van der Waals surface area contributed by atoms with Crippen LogP contribution in [-0.2, 0) is 5.41 Å². The summed E-state index contributed by atoms with van der Waals surface area (Å²) in [5.74, 6) is 0. The monoisotopic (exact) mass is 322 g/mol. The molecule has 2 rings (SSSR count). The van der Waals surface area contributed by atoms with Gasteiger partial charge < -0.3 is 5.32 Å². The molecular weight excluding hydrogens is 296 g/mol. The standard InChI is InChI=1S/C17H26N2S2/c1-10(2)18-15(16-19-11(3)12(4)20-16)13-8-9-14(21-13)17(5,6)7/h8-10,15,18H,1-7H3. The molecule has 21 heavy (non-hydrogen) atoms. The molecule has 0 radical (unpaired) electrons. The average Bonchev–Trinajstić information content (AvgIpc) is 2.94. The van der Waals surface area contributed by atoms with Gasteiger partial charge in [0.25, 0.3) is 0 Å². The molecule has 116 valence electrons. The van der Waals surface area contributed by atoms with Crippen LogP contribution in [0.5, 0.6) is 0 Å². The first kappa shape index (κ1) is 16.7. The first-order valence-corrected chi connectivity index (χ1v) is 9.12. The van der Waals surface area contributed by atoms with Gasteiger partial charge in [-0.1, -0.05) is 20.8 Å². The van der Waals surface area contributed by atoms with Crippen molar-refractivity contribution in [3.63, 3.8) is 0 Å². The minimum absolute atomic E-state index is 0.208. The molecular formula is C17H26N2S2. The highest BCUT2D eigenvalue weighted by Crippen LogP contribution is 2.36. The molecule has 2 nitrogen and oxygen atoms in total. The van der Waals surface area contributed by atoms with Gasteiger partial charge in [-0.3, -0.25) is 0 Å². The number of hydrogen-bond donors (Lipinski definition) is 1. The van der Waals surface area contributed by atoms with Crippen molar-refractivity contribution in [2.45, 2.75) is 66.0 Å². The SMILES string of the molecule is Cc1nc(C(NC(C)C)c2ccc(C(C)(C)C)s2)sc1C. The second-order valence-corrected chi connectivity index (χ2v) is 9.25. The van der Waals surface area contributed by atoms with E-state index in [1.165, 1.54) is 19.6 Å². The number of nitrogens with zero attached hydrogens (tertiary/aromatic N) is 1. The zero-order valence-electron chi connectivity index (χ0n) is 14.1. The molecule has 0 aliphatic carbocycles. The van der Waals surface area contributed by atoms with E-state index < -0.39 is 0 Å². The number of hydrogen-bond acceptors (Lipinski definition) is 4. The van der Waals surface area contributed by atoms with Crippen LogP contribution in [-0.4, -0.2) is 11.0 Å². The van der Waals surface area contributed by atoms with E-state index in [0.717, 1.165) is 5.69 Å². The van der Waals surface area contributed by atoms with Gasteiger partial charge in [0.2, 0.25) is 0 Å². The minimum atomic E-state index is 0.208. The highest BCUT2D eigenvalue weighted by Gasteiger charge is 2.24. The lowest BCUT2D eigenvalue weighted by atomic mass is 9.95. The zero-order chi connectivity index (χ0) is 15.8. The summed E-state index contributed by atoms with van der Waals surface area (Å²) >= 11 is 3.71. The molecule has 0 aromatic carbocycles. The molecule has 1 atom stereocenters. The third kappa shape index (κ3) is 3.93. The van der Waals surface area contributed by atoms with Crippen LogP contribution in [0.3, 0.4) is 0 Å². The summed E-state index contributed by atoms with van der Waals surface area (Å²) in [7, 11) is 0. The number of aromatic nitrogens is 1. The van der Waals surface area contributed by atoms with Crippen molar-refractivity contribution in [2.75, 3.05) is 0 Å². The summed E-state index contributed by atoms with van der Waals surface area (Å²) < 4.78 is 0. The summed E-state index contributed by atoms with van der Waals surface area (Å²) in [5.41, 5.74) is 1.36. The smallest absolute Gasteiger partial charge is 0.115 e. The molecule has 0 aliphatic rings. The van der Waals surface area contributed by atoms with Gasteiger partial charge in [-0.2, -0.15) is 0 Å². The van der Waals surface area contributed by atoms with Gasteiger partial charge in [-0.15, -0.1) is 22.7 Å². The molecule has 0 spiro atoms. The molecule has 4 heteroatoms. The van der Waals surface area contributed by atoms with Gasteiger partial charge >= 0.3 is 0 Å². The molecule has 0 saturated heterocycles. The van der Waals surface area contributed by atoms with Crippen LogP contribution in [0.4, 0.5) is 0 Å². The van der Waals surface area contributed by atoms with E-state index in [1.807, 2.05) is 22.7 Å². The summed E-state index contributed by atoms with van der Waals surface area (Å²) in [6.45, 7) is 15.4. The second-order valence-electron chi connectivity index (χ2n) is 6.90. The highest BCUT2D eigenvalue weighted by atomic mass is 32.1. The van der Waals surface area contributed by atoms with Gasteiger partial charge in [0.15, 0.2) is 0 Å². The largest absolute Gasteiger partial charge is 0.301 e. The van der Waals surface area contributed by atoms with Crippen molar-refractivity contribution in [1.29, 1.82) is 0 Å². The van der Waals surface area contributed by atoms with Crippen molar-refractivity contribution in [3.8, 4) is 0 Å². The van der Waals surface area contributed by atoms with Crippen LogP contribution in [0.25, 0.3) is 0 Å². The second kappa shape index (κ2) is 6.19. The van der Waals surface area contributed by atoms with Gasteiger partial charge in [-0.25, -0.2) is 4.98 Å². The Morgan fingerprint density at radius 2 is 1.76 bits per heavy atom. The maximum absolute atomic E-state index is 4.77. The first-order valence-electron chi connectivity index (χ1n) is 7.48. The van der Waals surface area contributed by atoms with Gasteiger partial charge in [0.1, 0.15) is 5.01 Å².